The van der Waals surface area contributed by atoms with Gasteiger partial charge in [0.1, 0.15) is 6.04 Å². The van der Waals surface area contributed by atoms with Gasteiger partial charge in [-0.05, 0) is 30.6 Å². The zero-order valence-corrected chi connectivity index (χ0v) is 13.5. The van der Waals surface area contributed by atoms with E-state index in [1.807, 2.05) is 41.5 Å². The van der Waals surface area contributed by atoms with E-state index in [1.54, 1.807) is 0 Å². The van der Waals surface area contributed by atoms with Crippen molar-refractivity contribution >= 4 is 12.0 Å². The van der Waals surface area contributed by atoms with Crippen molar-refractivity contribution in [2.24, 2.45) is 10.8 Å². The lowest BCUT2D eigenvalue weighted by molar-refractivity contribution is -0.148. The molecule has 2 unspecified atom stereocenters. The van der Waals surface area contributed by atoms with Crippen molar-refractivity contribution < 1.29 is 14.7 Å². The van der Waals surface area contributed by atoms with E-state index in [2.05, 4.69) is 5.32 Å². The largest absolute Gasteiger partial charge is 0.480 e. The number of amides is 2. The summed E-state index contributed by atoms with van der Waals surface area (Å²) in [5.74, 6) is -0.923. The number of carbonyl (C=O) groups is 2. The maximum Gasteiger partial charge on any atom is 0.327 e. The van der Waals surface area contributed by atoms with Gasteiger partial charge >= 0.3 is 12.0 Å². The van der Waals surface area contributed by atoms with Crippen molar-refractivity contribution in [2.75, 3.05) is 6.54 Å². The Morgan fingerprint density at radius 3 is 2.35 bits per heavy atom. The molecule has 5 nitrogen and oxygen atoms in total. The van der Waals surface area contributed by atoms with Gasteiger partial charge in [-0.25, -0.2) is 9.59 Å². The minimum Gasteiger partial charge on any atom is -0.480 e. The van der Waals surface area contributed by atoms with E-state index >= 15 is 0 Å². The monoisotopic (exact) mass is 284 g/mol. The molecular weight excluding hydrogens is 256 g/mol. The maximum absolute atomic E-state index is 12.4. The van der Waals surface area contributed by atoms with Gasteiger partial charge in [0.25, 0.3) is 0 Å². The van der Waals surface area contributed by atoms with E-state index in [1.165, 1.54) is 4.90 Å². The van der Waals surface area contributed by atoms with Crippen LogP contribution in [0.1, 0.15) is 54.4 Å². The van der Waals surface area contributed by atoms with Crippen LogP contribution in [0.25, 0.3) is 0 Å². The van der Waals surface area contributed by atoms with E-state index in [-0.39, 0.29) is 17.5 Å². The number of aliphatic carboxylic acids is 1. The SMILES string of the molecule is CC(NC(=O)N1CCCC(C)(C)C1C(=O)O)C(C)(C)C. The molecule has 5 heteroatoms. The molecule has 2 amide bonds. The van der Waals surface area contributed by atoms with Gasteiger partial charge in [-0.3, -0.25) is 0 Å². The summed E-state index contributed by atoms with van der Waals surface area (Å²) in [4.78, 5) is 25.4. The molecule has 1 aliphatic rings. The molecule has 0 aromatic heterocycles. The molecule has 0 aliphatic carbocycles. The van der Waals surface area contributed by atoms with E-state index in [4.69, 9.17) is 0 Å². The third kappa shape index (κ3) is 3.64. The van der Waals surface area contributed by atoms with E-state index < -0.39 is 17.4 Å². The van der Waals surface area contributed by atoms with Crippen LogP contribution in [0.5, 0.6) is 0 Å². The molecule has 2 atom stereocenters. The Balaban J connectivity index is 2.87. The Labute approximate surface area is 121 Å². The number of rotatable bonds is 2. The number of likely N-dealkylation sites (tertiary alicyclic amines) is 1. The van der Waals surface area contributed by atoms with E-state index in [0.717, 1.165) is 12.8 Å². The fraction of sp³-hybridized carbons (Fsp3) is 0.867. The van der Waals surface area contributed by atoms with Crippen molar-refractivity contribution in [3.05, 3.63) is 0 Å². The van der Waals surface area contributed by atoms with Crippen LogP contribution in [0.3, 0.4) is 0 Å². The number of nitrogens with one attached hydrogen (secondary N) is 1. The van der Waals surface area contributed by atoms with Crippen molar-refractivity contribution in [1.29, 1.82) is 0 Å². The van der Waals surface area contributed by atoms with Gasteiger partial charge in [-0.2, -0.15) is 0 Å². The van der Waals surface area contributed by atoms with Gasteiger partial charge in [-0.1, -0.05) is 34.6 Å². The molecular formula is C15H28N2O3. The Morgan fingerprint density at radius 1 is 1.35 bits per heavy atom. The molecule has 1 rings (SSSR count). The topological polar surface area (TPSA) is 69.6 Å². The molecule has 2 N–H and O–H groups in total. The number of hydrogen-bond donors (Lipinski definition) is 2. The average molecular weight is 284 g/mol. The van der Waals surface area contributed by atoms with E-state index in [0.29, 0.717) is 6.54 Å². The molecule has 0 aromatic carbocycles. The lowest BCUT2D eigenvalue weighted by Crippen LogP contribution is -2.60. The van der Waals surface area contributed by atoms with Crippen LogP contribution < -0.4 is 5.32 Å². The highest BCUT2D eigenvalue weighted by Gasteiger charge is 2.44. The van der Waals surface area contributed by atoms with Crippen molar-refractivity contribution in [2.45, 2.75) is 66.5 Å². The number of hydrogen-bond acceptors (Lipinski definition) is 2. The molecule has 0 radical (unpaired) electrons. The molecule has 1 saturated heterocycles. The zero-order chi connectivity index (χ0) is 15.7. The average Bonchev–Trinajstić information content (AvgIpc) is 2.25. The Bertz CT molecular complexity index is 385. The van der Waals surface area contributed by atoms with E-state index in [9.17, 15) is 14.7 Å². The molecule has 116 valence electrons. The minimum atomic E-state index is -0.923. The number of carboxylic acid groups (broad SMARTS) is 1. The van der Waals surface area contributed by atoms with Gasteiger partial charge in [0.05, 0.1) is 0 Å². The van der Waals surface area contributed by atoms with Crippen LogP contribution in [0.15, 0.2) is 0 Å². The van der Waals surface area contributed by atoms with Crippen LogP contribution in [0, 0.1) is 10.8 Å². The highest BCUT2D eigenvalue weighted by molar-refractivity contribution is 5.83. The number of urea groups is 1. The molecule has 0 aromatic rings. The summed E-state index contributed by atoms with van der Waals surface area (Å²) < 4.78 is 0. The summed E-state index contributed by atoms with van der Waals surface area (Å²) >= 11 is 0. The molecule has 20 heavy (non-hydrogen) atoms. The summed E-state index contributed by atoms with van der Waals surface area (Å²) in [6, 6.07) is -1.05. The first-order valence-corrected chi connectivity index (χ1v) is 7.27. The Kier molecular flexibility index (Phi) is 4.72. The van der Waals surface area contributed by atoms with Crippen LogP contribution in [0.2, 0.25) is 0 Å². The van der Waals surface area contributed by atoms with Gasteiger partial charge in [0.15, 0.2) is 0 Å². The number of carboxylic acids is 1. The Morgan fingerprint density at radius 2 is 1.90 bits per heavy atom. The van der Waals surface area contributed by atoms with Crippen LogP contribution in [-0.2, 0) is 4.79 Å². The van der Waals surface area contributed by atoms with Crippen LogP contribution in [0.4, 0.5) is 4.79 Å². The standard InChI is InChI=1S/C15H28N2O3/c1-10(14(2,3)4)16-13(20)17-9-7-8-15(5,6)11(17)12(18)19/h10-11H,7-9H2,1-6H3,(H,16,20)(H,18,19). The normalized spacial score (nSPS) is 24.1. The molecule has 0 bridgehead atoms. The third-order valence-corrected chi connectivity index (χ3v) is 4.41. The number of nitrogens with zero attached hydrogens (tertiary/aromatic N) is 1. The van der Waals surface area contributed by atoms with Crippen LogP contribution in [-0.4, -0.2) is 40.6 Å². The van der Waals surface area contributed by atoms with Gasteiger partial charge in [-0.15, -0.1) is 0 Å². The fourth-order valence-corrected chi connectivity index (χ4v) is 2.56. The smallest absolute Gasteiger partial charge is 0.327 e. The second-order valence-electron chi connectivity index (χ2n) is 7.56. The second kappa shape index (κ2) is 5.62. The predicted molar refractivity (Wildman–Crippen MR) is 78.6 cm³/mol. The maximum atomic E-state index is 12.4. The summed E-state index contributed by atoms with van der Waals surface area (Å²) in [6.45, 7) is 12.4. The highest BCUT2D eigenvalue weighted by Crippen LogP contribution is 2.35. The zero-order valence-electron chi connectivity index (χ0n) is 13.5. The third-order valence-electron chi connectivity index (χ3n) is 4.41. The van der Waals surface area contributed by atoms with Crippen molar-refractivity contribution in [3.63, 3.8) is 0 Å². The van der Waals surface area contributed by atoms with Crippen molar-refractivity contribution in [1.82, 2.24) is 10.2 Å². The molecule has 0 saturated carbocycles. The lowest BCUT2D eigenvalue weighted by Gasteiger charge is -2.44. The lowest BCUT2D eigenvalue weighted by atomic mass is 9.76. The molecule has 1 aliphatic heterocycles. The Hall–Kier alpha value is -1.26. The summed E-state index contributed by atoms with van der Waals surface area (Å²) in [5, 5.41) is 12.4. The second-order valence-corrected chi connectivity index (χ2v) is 7.56. The minimum absolute atomic E-state index is 0.0190. The number of piperidine rings is 1. The molecule has 1 heterocycles. The quantitative estimate of drug-likeness (QED) is 0.819. The molecule has 1 fully saturated rings. The van der Waals surface area contributed by atoms with Gasteiger partial charge in [0.2, 0.25) is 0 Å². The van der Waals surface area contributed by atoms with Gasteiger partial charge in [0, 0.05) is 12.6 Å². The first kappa shape index (κ1) is 16.8. The summed E-state index contributed by atoms with van der Waals surface area (Å²) in [5.41, 5.74) is -0.452. The molecule has 0 spiro atoms. The highest BCUT2D eigenvalue weighted by atomic mass is 16.4. The van der Waals surface area contributed by atoms with Gasteiger partial charge < -0.3 is 15.3 Å². The van der Waals surface area contributed by atoms with Crippen LogP contribution >= 0.6 is 0 Å². The first-order chi connectivity index (χ1) is 8.97. The summed E-state index contributed by atoms with van der Waals surface area (Å²) in [7, 11) is 0. The number of carbonyl (C=O) groups excluding carboxylic acids is 1. The van der Waals surface area contributed by atoms with Crippen molar-refractivity contribution in [3.8, 4) is 0 Å². The summed E-state index contributed by atoms with van der Waals surface area (Å²) in [6.07, 6.45) is 1.66. The fourth-order valence-electron chi connectivity index (χ4n) is 2.56. The first-order valence-electron chi connectivity index (χ1n) is 7.27. The predicted octanol–water partition coefficient (Wildman–Crippen LogP) is 2.71.